The molecule has 114 valence electrons. The van der Waals surface area contributed by atoms with Crippen LogP contribution in [0.3, 0.4) is 0 Å². The lowest BCUT2D eigenvalue weighted by Gasteiger charge is -2.20. The summed E-state index contributed by atoms with van der Waals surface area (Å²) >= 11 is 6.03. The van der Waals surface area contributed by atoms with E-state index in [1.165, 1.54) is 19.2 Å². The van der Waals surface area contributed by atoms with Crippen LogP contribution < -0.4 is 14.8 Å². The van der Waals surface area contributed by atoms with Crippen molar-refractivity contribution in [1.29, 1.82) is 0 Å². The van der Waals surface area contributed by atoms with Gasteiger partial charge in [0.1, 0.15) is 13.2 Å². The normalized spacial score (nSPS) is 14.4. The highest BCUT2D eigenvalue weighted by Crippen LogP contribution is 2.38. The number of hydrogen-bond donors (Lipinski definition) is 2. The first-order chi connectivity index (χ1) is 10.0. The molecule has 0 radical (unpaired) electrons. The van der Waals surface area contributed by atoms with Gasteiger partial charge in [0.25, 0.3) is 5.91 Å². The summed E-state index contributed by atoms with van der Waals surface area (Å²) in [7, 11) is 1.26. The van der Waals surface area contributed by atoms with Crippen LogP contribution in [0.1, 0.15) is 10.4 Å². The van der Waals surface area contributed by atoms with Crippen LogP contribution in [0.2, 0.25) is 5.02 Å². The van der Waals surface area contributed by atoms with Crippen LogP contribution in [0.5, 0.6) is 11.5 Å². The van der Waals surface area contributed by atoms with Crippen LogP contribution in [-0.2, 0) is 9.53 Å². The molecule has 0 saturated heterocycles. The Bertz CT molecular complexity index is 562. The van der Waals surface area contributed by atoms with Gasteiger partial charge in [0, 0.05) is 12.7 Å². The molecule has 0 bridgehead atoms. The summed E-state index contributed by atoms with van der Waals surface area (Å²) in [6.07, 6.45) is -1.11. The molecule has 0 aliphatic carbocycles. The van der Waals surface area contributed by atoms with Crippen molar-refractivity contribution in [3.05, 3.63) is 22.7 Å². The minimum atomic E-state index is -1.15. The molecule has 8 heteroatoms. The number of nitrogens with one attached hydrogen (secondary N) is 1. The molecule has 21 heavy (non-hydrogen) atoms. The molecular formula is C13H14ClNO6. The monoisotopic (exact) mass is 315 g/mol. The van der Waals surface area contributed by atoms with Gasteiger partial charge in [-0.25, -0.2) is 4.79 Å². The van der Waals surface area contributed by atoms with Crippen LogP contribution in [0, 0.1) is 0 Å². The summed E-state index contributed by atoms with van der Waals surface area (Å²) in [4.78, 5) is 22.8. The summed E-state index contributed by atoms with van der Waals surface area (Å²) in [5.74, 6) is -0.838. The molecule has 0 fully saturated rings. The lowest BCUT2D eigenvalue weighted by Crippen LogP contribution is -2.37. The highest BCUT2D eigenvalue weighted by atomic mass is 35.5. The molecule has 0 saturated carbocycles. The van der Waals surface area contributed by atoms with Gasteiger partial charge in [-0.15, -0.1) is 0 Å². The fourth-order valence-corrected chi connectivity index (χ4v) is 2.07. The first kappa shape index (κ1) is 15.4. The Hall–Kier alpha value is -1.99. The molecule has 1 amide bonds. The summed E-state index contributed by atoms with van der Waals surface area (Å²) < 4.78 is 15.4. The van der Waals surface area contributed by atoms with E-state index >= 15 is 0 Å². The van der Waals surface area contributed by atoms with E-state index < -0.39 is 18.0 Å². The number of benzene rings is 1. The molecule has 1 aromatic rings. The molecule has 1 aliphatic rings. The van der Waals surface area contributed by atoms with E-state index in [4.69, 9.17) is 30.9 Å². The maximum absolute atomic E-state index is 12.0. The van der Waals surface area contributed by atoms with Crippen molar-refractivity contribution in [3.8, 4) is 11.5 Å². The number of aliphatic carboxylic acids is 1. The minimum Gasteiger partial charge on any atom is -0.486 e. The molecule has 2 rings (SSSR count). The number of carbonyl (C=O) groups excluding carboxylic acids is 1. The van der Waals surface area contributed by atoms with E-state index in [2.05, 4.69) is 5.32 Å². The molecule has 0 aromatic heterocycles. The Kier molecular flexibility index (Phi) is 4.87. The largest absolute Gasteiger partial charge is 0.486 e. The number of halogens is 1. The van der Waals surface area contributed by atoms with Crippen molar-refractivity contribution in [3.63, 3.8) is 0 Å². The zero-order valence-corrected chi connectivity index (χ0v) is 12.0. The Morgan fingerprint density at radius 3 is 2.81 bits per heavy atom. The predicted octanol–water partition coefficient (Wildman–Crippen LogP) is 0.941. The van der Waals surface area contributed by atoms with Gasteiger partial charge >= 0.3 is 5.97 Å². The first-order valence-electron chi connectivity index (χ1n) is 6.16. The molecule has 1 heterocycles. The van der Waals surface area contributed by atoms with Crippen molar-refractivity contribution in [1.82, 2.24) is 5.32 Å². The molecule has 1 aromatic carbocycles. The zero-order valence-electron chi connectivity index (χ0n) is 11.2. The third-order valence-corrected chi connectivity index (χ3v) is 3.15. The van der Waals surface area contributed by atoms with Gasteiger partial charge in [-0.05, 0) is 12.1 Å². The van der Waals surface area contributed by atoms with E-state index in [0.29, 0.717) is 24.7 Å². The van der Waals surface area contributed by atoms with Crippen LogP contribution in [0.15, 0.2) is 12.1 Å². The summed E-state index contributed by atoms with van der Waals surface area (Å²) in [5, 5.41) is 11.6. The van der Waals surface area contributed by atoms with E-state index in [1.54, 1.807) is 0 Å². The third-order valence-electron chi connectivity index (χ3n) is 2.87. The molecular weight excluding hydrogens is 302 g/mol. The number of fused-ring (bicyclic) bond motifs is 1. The van der Waals surface area contributed by atoms with Gasteiger partial charge in [0.2, 0.25) is 0 Å². The van der Waals surface area contributed by atoms with Crippen molar-refractivity contribution < 1.29 is 28.9 Å². The van der Waals surface area contributed by atoms with Crippen molar-refractivity contribution in [2.24, 2.45) is 0 Å². The number of carboxylic acids is 1. The number of hydrogen-bond acceptors (Lipinski definition) is 5. The highest BCUT2D eigenvalue weighted by molar-refractivity contribution is 6.32. The lowest BCUT2D eigenvalue weighted by molar-refractivity contribution is -0.148. The van der Waals surface area contributed by atoms with Crippen LogP contribution in [-0.4, -0.2) is 50.0 Å². The van der Waals surface area contributed by atoms with Crippen molar-refractivity contribution >= 4 is 23.5 Å². The first-order valence-corrected chi connectivity index (χ1v) is 6.53. The van der Waals surface area contributed by atoms with E-state index in [0.717, 1.165) is 0 Å². The van der Waals surface area contributed by atoms with Crippen molar-refractivity contribution in [2.75, 3.05) is 26.9 Å². The molecule has 7 nitrogen and oxygen atoms in total. The smallest absolute Gasteiger partial charge is 0.334 e. The van der Waals surface area contributed by atoms with Gasteiger partial charge in [-0.2, -0.15) is 0 Å². The zero-order chi connectivity index (χ0) is 15.4. The second kappa shape index (κ2) is 6.64. The van der Waals surface area contributed by atoms with Gasteiger partial charge in [-0.3, -0.25) is 4.79 Å². The fraction of sp³-hybridized carbons (Fsp3) is 0.385. The molecule has 2 N–H and O–H groups in total. The average molecular weight is 316 g/mol. The Labute approximate surface area is 125 Å². The molecule has 1 aliphatic heterocycles. The predicted molar refractivity (Wildman–Crippen MR) is 73.2 cm³/mol. The number of amides is 1. The standard InChI is InChI=1S/C13H14ClNO6/c1-19-10(13(17)18)6-15-12(16)7-4-8(14)11-9(5-7)20-2-3-21-11/h4-5,10H,2-3,6H2,1H3,(H,15,16)(H,17,18). The van der Waals surface area contributed by atoms with Gasteiger partial charge in [0.15, 0.2) is 17.6 Å². The SMILES string of the molecule is COC(CNC(=O)c1cc(Cl)c2c(c1)OCCO2)C(=O)O. The lowest BCUT2D eigenvalue weighted by atomic mass is 10.1. The summed E-state index contributed by atoms with van der Waals surface area (Å²) in [5.41, 5.74) is 0.254. The second-order valence-corrected chi connectivity index (χ2v) is 4.66. The third kappa shape index (κ3) is 3.56. The number of ether oxygens (including phenoxy) is 3. The Morgan fingerprint density at radius 2 is 2.14 bits per heavy atom. The van der Waals surface area contributed by atoms with Gasteiger partial charge in [0.05, 0.1) is 11.6 Å². The second-order valence-electron chi connectivity index (χ2n) is 4.25. The number of carbonyl (C=O) groups is 2. The van der Waals surface area contributed by atoms with Crippen LogP contribution in [0.25, 0.3) is 0 Å². The fourth-order valence-electron chi connectivity index (χ4n) is 1.80. The number of carboxylic acid groups (broad SMARTS) is 1. The van der Waals surface area contributed by atoms with E-state index in [1.807, 2.05) is 0 Å². The number of methoxy groups -OCH3 is 1. The Morgan fingerprint density at radius 1 is 1.43 bits per heavy atom. The summed E-state index contributed by atoms with van der Waals surface area (Å²) in [6, 6.07) is 2.94. The van der Waals surface area contributed by atoms with Gasteiger partial charge < -0.3 is 24.6 Å². The van der Waals surface area contributed by atoms with E-state index in [-0.39, 0.29) is 17.1 Å². The molecule has 0 spiro atoms. The Balaban J connectivity index is 2.09. The topological polar surface area (TPSA) is 94.1 Å². The van der Waals surface area contributed by atoms with E-state index in [9.17, 15) is 9.59 Å². The van der Waals surface area contributed by atoms with Crippen molar-refractivity contribution in [2.45, 2.75) is 6.10 Å². The minimum absolute atomic E-state index is 0.156. The molecule has 1 atom stereocenters. The summed E-state index contributed by atoms with van der Waals surface area (Å²) in [6.45, 7) is 0.613. The molecule has 1 unspecified atom stereocenters. The van der Waals surface area contributed by atoms with Gasteiger partial charge in [-0.1, -0.05) is 11.6 Å². The maximum atomic E-state index is 12.0. The highest BCUT2D eigenvalue weighted by Gasteiger charge is 2.21. The van der Waals surface area contributed by atoms with Crippen LogP contribution >= 0.6 is 11.6 Å². The quantitative estimate of drug-likeness (QED) is 0.840. The number of rotatable bonds is 5. The average Bonchev–Trinajstić information content (AvgIpc) is 2.47. The maximum Gasteiger partial charge on any atom is 0.334 e. The van der Waals surface area contributed by atoms with Crippen LogP contribution in [0.4, 0.5) is 0 Å².